The van der Waals surface area contributed by atoms with Crippen LogP contribution in [0.15, 0.2) is 35.9 Å². The molecule has 0 aliphatic carbocycles. The highest BCUT2D eigenvalue weighted by Gasteiger charge is 2.14. The van der Waals surface area contributed by atoms with Crippen molar-refractivity contribution in [1.29, 1.82) is 5.26 Å². The molecular formula is C21H17Cl3N2O4. The molecule has 156 valence electrons. The first-order valence-electron chi connectivity index (χ1n) is 8.72. The number of nitrogens with zero attached hydrogens (tertiary/aromatic N) is 1. The standard InChI is InChI=1S/C21H17Cl3N2O4/c1-3-29-19(27)11-30-20-17(23)7-13(8-18(20)24)6-14(10-25)21(28)26-15-5-4-12(2)16(22)9-15/h4-9H,3,11H2,1-2H3,(H,26,28)/b14-6-. The summed E-state index contributed by atoms with van der Waals surface area (Å²) < 4.78 is 10.1. The zero-order chi connectivity index (χ0) is 22.3. The van der Waals surface area contributed by atoms with E-state index in [0.29, 0.717) is 16.3 Å². The van der Waals surface area contributed by atoms with Crippen LogP contribution in [0.4, 0.5) is 5.69 Å². The molecule has 0 aliphatic heterocycles. The van der Waals surface area contributed by atoms with Gasteiger partial charge in [-0.05, 0) is 55.3 Å². The van der Waals surface area contributed by atoms with E-state index in [1.54, 1.807) is 25.1 Å². The average Bonchev–Trinajstić information content (AvgIpc) is 2.68. The molecule has 0 spiro atoms. The van der Waals surface area contributed by atoms with Crippen LogP contribution in [0.2, 0.25) is 15.1 Å². The Hall–Kier alpha value is -2.72. The third-order valence-electron chi connectivity index (χ3n) is 3.77. The molecule has 0 saturated heterocycles. The molecule has 0 aromatic heterocycles. The van der Waals surface area contributed by atoms with E-state index in [0.717, 1.165) is 5.56 Å². The maximum absolute atomic E-state index is 12.4. The van der Waals surface area contributed by atoms with Crippen LogP contribution in [0.1, 0.15) is 18.1 Å². The van der Waals surface area contributed by atoms with Gasteiger partial charge in [-0.25, -0.2) is 4.79 Å². The van der Waals surface area contributed by atoms with Crippen LogP contribution < -0.4 is 10.1 Å². The Morgan fingerprint density at radius 1 is 1.13 bits per heavy atom. The fourth-order valence-corrected chi connectivity index (χ4v) is 3.11. The number of amides is 1. The van der Waals surface area contributed by atoms with E-state index < -0.39 is 11.9 Å². The quantitative estimate of drug-likeness (QED) is 0.333. The van der Waals surface area contributed by atoms with Gasteiger partial charge in [-0.1, -0.05) is 40.9 Å². The van der Waals surface area contributed by atoms with Crippen molar-refractivity contribution in [3.05, 3.63) is 62.1 Å². The summed E-state index contributed by atoms with van der Waals surface area (Å²) >= 11 is 18.4. The van der Waals surface area contributed by atoms with Gasteiger partial charge in [0, 0.05) is 10.7 Å². The number of anilines is 1. The molecule has 2 aromatic carbocycles. The lowest BCUT2D eigenvalue weighted by atomic mass is 10.1. The van der Waals surface area contributed by atoms with Gasteiger partial charge in [0.1, 0.15) is 11.6 Å². The van der Waals surface area contributed by atoms with E-state index in [9.17, 15) is 14.9 Å². The molecule has 0 bridgehead atoms. The summed E-state index contributed by atoms with van der Waals surface area (Å²) in [6.45, 7) is 3.38. The number of aryl methyl sites for hydroxylation is 1. The summed E-state index contributed by atoms with van der Waals surface area (Å²) in [4.78, 5) is 23.9. The smallest absolute Gasteiger partial charge is 0.344 e. The minimum atomic E-state index is -0.618. The number of rotatable bonds is 7. The Morgan fingerprint density at radius 2 is 1.80 bits per heavy atom. The third-order valence-corrected chi connectivity index (χ3v) is 4.73. The molecule has 0 aliphatic rings. The maximum atomic E-state index is 12.4. The van der Waals surface area contributed by atoms with E-state index in [2.05, 4.69) is 5.32 Å². The van der Waals surface area contributed by atoms with Crippen LogP contribution in [-0.4, -0.2) is 25.1 Å². The van der Waals surface area contributed by atoms with Crippen LogP contribution in [0.5, 0.6) is 5.75 Å². The number of esters is 1. The number of halogens is 3. The topological polar surface area (TPSA) is 88.4 Å². The van der Waals surface area contributed by atoms with Crippen molar-refractivity contribution in [2.75, 3.05) is 18.5 Å². The summed E-state index contributed by atoms with van der Waals surface area (Å²) in [6.07, 6.45) is 1.33. The monoisotopic (exact) mass is 466 g/mol. The number of nitriles is 1. The molecule has 0 saturated carbocycles. The van der Waals surface area contributed by atoms with Gasteiger partial charge in [-0.3, -0.25) is 4.79 Å². The second-order valence-corrected chi connectivity index (χ2v) is 7.22. The van der Waals surface area contributed by atoms with Crippen LogP contribution in [-0.2, 0) is 14.3 Å². The number of carbonyl (C=O) groups excluding carboxylic acids is 2. The predicted molar refractivity (Wildman–Crippen MR) is 117 cm³/mol. The second-order valence-electron chi connectivity index (χ2n) is 6.00. The Labute approximate surface area is 188 Å². The highest BCUT2D eigenvalue weighted by Crippen LogP contribution is 2.35. The second kappa shape index (κ2) is 10.9. The van der Waals surface area contributed by atoms with E-state index >= 15 is 0 Å². The molecule has 2 rings (SSSR count). The largest absolute Gasteiger partial charge is 0.479 e. The third kappa shape index (κ3) is 6.39. The molecule has 0 heterocycles. The summed E-state index contributed by atoms with van der Waals surface area (Å²) in [6, 6.07) is 9.78. The molecular weight excluding hydrogens is 451 g/mol. The van der Waals surface area contributed by atoms with Crippen LogP contribution in [0.25, 0.3) is 6.08 Å². The lowest BCUT2D eigenvalue weighted by molar-refractivity contribution is -0.145. The average molecular weight is 468 g/mol. The molecule has 1 N–H and O–H groups in total. The van der Waals surface area contributed by atoms with Gasteiger partial charge in [0.15, 0.2) is 12.4 Å². The minimum Gasteiger partial charge on any atom is -0.479 e. The van der Waals surface area contributed by atoms with Crippen LogP contribution >= 0.6 is 34.8 Å². The molecule has 0 radical (unpaired) electrons. The lowest BCUT2D eigenvalue weighted by Crippen LogP contribution is -2.15. The van der Waals surface area contributed by atoms with Crippen LogP contribution in [0.3, 0.4) is 0 Å². The van der Waals surface area contributed by atoms with Crippen molar-refractivity contribution in [1.82, 2.24) is 0 Å². The van der Waals surface area contributed by atoms with E-state index in [-0.39, 0.29) is 34.6 Å². The van der Waals surface area contributed by atoms with Gasteiger partial charge in [0.05, 0.1) is 16.7 Å². The van der Waals surface area contributed by atoms with E-state index in [4.69, 9.17) is 44.3 Å². The van der Waals surface area contributed by atoms with E-state index in [1.807, 2.05) is 13.0 Å². The zero-order valence-electron chi connectivity index (χ0n) is 16.1. The first-order chi connectivity index (χ1) is 14.2. The number of hydrogen-bond acceptors (Lipinski definition) is 5. The summed E-state index contributed by atoms with van der Waals surface area (Å²) in [5.41, 5.74) is 1.55. The molecule has 0 atom stereocenters. The van der Waals surface area contributed by atoms with Gasteiger partial charge in [-0.2, -0.15) is 5.26 Å². The highest BCUT2D eigenvalue weighted by atomic mass is 35.5. The van der Waals surface area contributed by atoms with Crippen LogP contribution in [0, 0.1) is 18.3 Å². The fourth-order valence-electron chi connectivity index (χ4n) is 2.32. The van der Waals surface area contributed by atoms with Gasteiger partial charge < -0.3 is 14.8 Å². The first-order valence-corrected chi connectivity index (χ1v) is 9.85. The van der Waals surface area contributed by atoms with Gasteiger partial charge in [0.2, 0.25) is 0 Å². The zero-order valence-corrected chi connectivity index (χ0v) is 18.4. The Morgan fingerprint density at radius 3 is 2.37 bits per heavy atom. The summed E-state index contributed by atoms with van der Waals surface area (Å²) in [5.74, 6) is -1.08. The number of nitrogens with one attached hydrogen (secondary N) is 1. The molecule has 9 heteroatoms. The SMILES string of the molecule is CCOC(=O)COc1c(Cl)cc(/C=C(/C#N)C(=O)Nc2ccc(C)c(Cl)c2)cc1Cl. The van der Waals surface area contributed by atoms with Crippen molar-refractivity contribution in [3.63, 3.8) is 0 Å². The Balaban J connectivity index is 2.20. The minimum absolute atomic E-state index is 0.0980. The van der Waals surface area contributed by atoms with Gasteiger partial charge >= 0.3 is 5.97 Å². The molecule has 2 aromatic rings. The van der Waals surface area contributed by atoms with Crippen molar-refractivity contribution < 1.29 is 19.1 Å². The van der Waals surface area contributed by atoms with Crippen molar-refractivity contribution in [2.45, 2.75) is 13.8 Å². The Bertz CT molecular complexity index is 1020. The Kier molecular flexibility index (Phi) is 8.55. The fraction of sp³-hybridized carbons (Fsp3) is 0.190. The van der Waals surface area contributed by atoms with E-state index in [1.165, 1.54) is 18.2 Å². The first kappa shape index (κ1) is 23.6. The highest BCUT2D eigenvalue weighted by molar-refractivity contribution is 6.37. The number of carbonyl (C=O) groups is 2. The van der Waals surface area contributed by atoms with Crippen molar-refractivity contribution in [3.8, 4) is 11.8 Å². The lowest BCUT2D eigenvalue weighted by Gasteiger charge is -2.10. The normalized spacial score (nSPS) is 10.9. The number of ether oxygens (including phenoxy) is 2. The van der Waals surface area contributed by atoms with Gasteiger partial charge in [-0.15, -0.1) is 0 Å². The summed E-state index contributed by atoms with van der Waals surface area (Å²) in [5, 5.41) is 12.7. The van der Waals surface area contributed by atoms with Crippen molar-refractivity contribution in [2.24, 2.45) is 0 Å². The number of hydrogen-bond donors (Lipinski definition) is 1. The molecule has 0 unspecified atom stereocenters. The predicted octanol–water partition coefficient (Wildman–Crippen LogP) is 5.44. The van der Waals surface area contributed by atoms with Crippen molar-refractivity contribution >= 4 is 58.4 Å². The number of benzene rings is 2. The molecule has 6 nitrogen and oxygen atoms in total. The molecule has 30 heavy (non-hydrogen) atoms. The van der Waals surface area contributed by atoms with Gasteiger partial charge in [0.25, 0.3) is 5.91 Å². The molecule has 0 fully saturated rings. The molecule has 1 amide bonds. The maximum Gasteiger partial charge on any atom is 0.344 e. The summed E-state index contributed by atoms with van der Waals surface area (Å²) in [7, 11) is 0.